The van der Waals surface area contributed by atoms with Crippen molar-refractivity contribution in [3.8, 4) is 11.6 Å². The number of aryl methyl sites for hydroxylation is 2. The van der Waals surface area contributed by atoms with Gasteiger partial charge in [0.05, 0.1) is 17.3 Å². The fraction of sp³-hybridized carbons (Fsp3) is 0.333. The van der Waals surface area contributed by atoms with Gasteiger partial charge in [0.2, 0.25) is 5.82 Å². The quantitative estimate of drug-likeness (QED) is 0.236. The van der Waals surface area contributed by atoms with E-state index in [4.69, 9.17) is 4.42 Å². The molecule has 0 spiro atoms. The first kappa shape index (κ1) is 19.7. The van der Waals surface area contributed by atoms with Crippen LogP contribution in [-0.4, -0.2) is 50.8 Å². The summed E-state index contributed by atoms with van der Waals surface area (Å²) in [5, 5.41) is 13.8. The van der Waals surface area contributed by atoms with E-state index in [1.165, 1.54) is 5.52 Å². The largest absolute Gasteiger partial charge is 0.461 e. The van der Waals surface area contributed by atoms with Crippen LogP contribution in [-0.2, 0) is 13.0 Å². The number of hydrogen-bond donors (Lipinski definition) is 3. The predicted molar refractivity (Wildman–Crippen MR) is 116 cm³/mol. The van der Waals surface area contributed by atoms with Crippen molar-refractivity contribution in [2.24, 2.45) is 4.99 Å². The standard InChI is InChI=1S/C21H26N8O/c1-15-25-16-7-3-4-8-17(16)29(15)13-6-11-23-21(22-2)24-12-10-19-26-20(28-27-19)18-9-5-14-30-18/h3-5,7-9,14H,6,10-13H2,1-2H3,(H2,22,23,24)(H,26,27,28). The van der Waals surface area contributed by atoms with Crippen LogP contribution < -0.4 is 10.6 Å². The highest BCUT2D eigenvalue weighted by Gasteiger charge is 2.09. The topological polar surface area (TPSA) is 109 Å². The van der Waals surface area contributed by atoms with Crippen molar-refractivity contribution in [2.45, 2.75) is 26.3 Å². The Morgan fingerprint density at radius 2 is 2.00 bits per heavy atom. The second-order valence-electron chi connectivity index (χ2n) is 6.91. The summed E-state index contributed by atoms with van der Waals surface area (Å²) >= 11 is 0. The molecule has 3 aromatic heterocycles. The normalized spacial score (nSPS) is 11.9. The number of H-pyrrole nitrogens is 1. The van der Waals surface area contributed by atoms with Crippen LogP contribution in [0.25, 0.3) is 22.6 Å². The molecule has 3 heterocycles. The zero-order valence-corrected chi connectivity index (χ0v) is 17.2. The molecule has 9 heteroatoms. The first-order valence-corrected chi connectivity index (χ1v) is 10.1. The summed E-state index contributed by atoms with van der Waals surface area (Å²) in [5.74, 6) is 3.84. The van der Waals surface area contributed by atoms with Crippen LogP contribution in [0.3, 0.4) is 0 Å². The Morgan fingerprint density at radius 3 is 2.83 bits per heavy atom. The number of rotatable bonds is 8. The number of aromatic nitrogens is 5. The van der Waals surface area contributed by atoms with Crippen LogP contribution in [0.4, 0.5) is 0 Å². The summed E-state index contributed by atoms with van der Waals surface area (Å²) in [6.07, 6.45) is 3.28. The minimum atomic E-state index is 0.569. The molecule has 4 rings (SSSR count). The number of furan rings is 1. The summed E-state index contributed by atoms with van der Waals surface area (Å²) < 4.78 is 7.57. The number of guanidine groups is 1. The molecule has 0 bridgehead atoms. The number of nitrogens with one attached hydrogen (secondary N) is 3. The Morgan fingerprint density at radius 1 is 1.13 bits per heavy atom. The number of aliphatic imine (C=N–C) groups is 1. The van der Waals surface area contributed by atoms with E-state index in [0.29, 0.717) is 24.6 Å². The van der Waals surface area contributed by atoms with Crippen LogP contribution >= 0.6 is 0 Å². The lowest BCUT2D eigenvalue weighted by atomic mass is 10.3. The summed E-state index contributed by atoms with van der Waals surface area (Å²) in [6.45, 7) is 4.47. The van der Waals surface area contributed by atoms with Crippen LogP contribution in [0.1, 0.15) is 18.1 Å². The lowest BCUT2D eigenvalue weighted by Crippen LogP contribution is -2.39. The molecule has 30 heavy (non-hydrogen) atoms. The van der Waals surface area contributed by atoms with Crippen molar-refractivity contribution < 1.29 is 4.42 Å². The molecule has 0 atom stereocenters. The average molecular weight is 406 g/mol. The molecule has 0 aliphatic carbocycles. The first-order valence-electron chi connectivity index (χ1n) is 10.1. The van der Waals surface area contributed by atoms with Gasteiger partial charge in [-0.2, -0.15) is 5.10 Å². The Balaban J connectivity index is 1.20. The van der Waals surface area contributed by atoms with Crippen molar-refractivity contribution in [2.75, 3.05) is 20.1 Å². The van der Waals surface area contributed by atoms with Crippen LogP contribution in [0.5, 0.6) is 0 Å². The molecule has 0 fully saturated rings. The van der Waals surface area contributed by atoms with Gasteiger partial charge in [0.15, 0.2) is 11.7 Å². The van der Waals surface area contributed by atoms with Crippen molar-refractivity contribution in [1.82, 2.24) is 35.4 Å². The minimum absolute atomic E-state index is 0.569. The third-order valence-electron chi connectivity index (χ3n) is 4.85. The molecule has 0 aliphatic heterocycles. The van der Waals surface area contributed by atoms with Gasteiger partial charge >= 0.3 is 0 Å². The zero-order chi connectivity index (χ0) is 20.8. The summed E-state index contributed by atoms with van der Waals surface area (Å²) in [7, 11) is 1.77. The van der Waals surface area contributed by atoms with Gasteiger partial charge in [-0.25, -0.2) is 9.97 Å². The zero-order valence-electron chi connectivity index (χ0n) is 17.2. The molecule has 0 aliphatic rings. The van der Waals surface area contributed by atoms with Crippen LogP contribution in [0, 0.1) is 6.92 Å². The number of para-hydroxylation sites is 2. The Labute approximate surface area is 174 Å². The first-order chi connectivity index (χ1) is 14.7. The summed E-state index contributed by atoms with van der Waals surface area (Å²) in [5.41, 5.74) is 2.22. The Hall–Kier alpha value is -3.62. The van der Waals surface area contributed by atoms with E-state index in [1.54, 1.807) is 13.3 Å². The van der Waals surface area contributed by atoms with Crippen molar-refractivity contribution in [3.63, 3.8) is 0 Å². The number of benzene rings is 1. The maximum atomic E-state index is 5.31. The Bertz CT molecular complexity index is 1110. The molecular formula is C21H26N8O. The van der Waals surface area contributed by atoms with Crippen LogP contribution in [0.2, 0.25) is 0 Å². The van der Waals surface area contributed by atoms with Crippen molar-refractivity contribution >= 4 is 17.0 Å². The fourth-order valence-electron chi connectivity index (χ4n) is 3.37. The van der Waals surface area contributed by atoms with Gasteiger partial charge in [-0.3, -0.25) is 10.1 Å². The fourth-order valence-corrected chi connectivity index (χ4v) is 3.37. The highest BCUT2D eigenvalue weighted by Crippen LogP contribution is 2.16. The Kier molecular flexibility index (Phi) is 6.07. The average Bonchev–Trinajstić information content (AvgIpc) is 3.50. The number of hydrogen-bond acceptors (Lipinski definition) is 5. The minimum Gasteiger partial charge on any atom is -0.461 e. The summed E-state index contributed by atoms with van der Waals surface area (Å²) in [6, 6.07) is 11.9. The van der Waals surface area contributed by atoms with E-state index >= 15 is 0 Å². The van der Waals surface area contributed by atoms with E-state index in [9.17, 15) is 0 Å². The van der Waals surface area contributed by atoms with Gasteiger partial charge in [-0.15, -0.1) is 0 Å². The molecule has 0 radical (unpaired) electrons. The van der Waals surface area contributed by atoms with E-state index in [-0.39, 0.29) is 0 Å². The van der Waals surface area contributed by atoms with Gasteiger partial charge in [-0.1, -0.05) is 12.1 Å². The smallest absolute Gasteiger partial charge is 0.216 e. The molecular weight excluding hydrogens is 380 g/mol. The maximum absolute atomic E-state index is 5.31. The predicted octanol–water partition coefficient (Wildman–Crippen LogP) is 2.52. The highest BCUT2D eigenvalue weighted by molar-refractivity contribution is 5.79. The van der Waals surface area contributed by atoms with Gasteiger partial charge in [0, 0.05) is 33.1 Å². The van der Waals surface area contributed by atoms with Crippen LogP contribution in [0.15, 0.2) is 52.1 Å². The third-order valence-corrected chi connectivity index (χ3v) is 4.85. The van der Waals surface area contributed by atoms with Crippen molar-refractivity contribution in [3.05, 3.63) is 54.3 Å². The van der Waals surface area contributed by atoms with Gasteiger partial charge in [0.1, 0.15) is 11.6 Å². The number of fused-ring (bicyclic) bond motifs is 1. The molecule has 0 amide bonds. The van der Waals surface area contributed by atoms with E-state index in [0.717, 1.165) is 42.6 Å². The monoisotopic (exact) mass is 406 g/mol. The molecule has 0 saturated heterocycles. The second kappa shape index (κ2) is 9.25. The third kappa shape index (κ3) is 4.51. The molecule has 0 saturated carbocycles. The number of imidazole rings is 1. The lowest BCUT2D eigenvalue weighted by molar-refractivity contribution is 0.577. The summed E-state index contributed by atoms with van der Waals surface area (Å²) in [4.78, 5) is 13.3. The van der Waals surface area contributed by atoms with Gasteiger partial charge in [0.25, 0.3) is 0 Å². The molecule has 9 nitrogen and oxygen atoms in total. The lowest BCUT2D eigenvalue weighted by Gasteiger charge is -2.12. The van der Waals surface area contributed by atoms with Gasteiger partial charge < -0.3 is 19.6 Å². The van der Waals surface area contributed by atoms with Crippen molar-refractivity contribution in [1.29, 1.82) is 0 Å². The number of aromatic amines is 1. The number of nitrogens with zero attached hydrogens (tertiary/aromatic N) is 5. The molecule has 0 unspecified atom stereocenters. The van der Waals surface area contributed by atoms with E-state index < -0.39 is 0 Å². The molecule has 1 aromatic carbocycles. The van der Waals surface area contributed by atoms with E-state index in [1.807, 2.05) is 18.2 Å². The molecule has 4 aromatic rings. The van der Waals surface area contributed by atoms with Gasteiger partial charge in [-0.05, 0) is 37.6 Å². The highest BCUT2D eigenvalue weighted by atomic mass is 16.3. The molecule has 156 valence electrons. The second-order valence-corrected chi connectivity index (χ2v) is 6.91. The molecule has 3 N–H and O–H groups in total. The van der Waals surface area contributed by atoms with E-state index in [2.05, 4.69) is 65.5 Å². The SMILES string of the molecule is CN=C(NCCCn1c(C)nc2ccccc21)NCCc1nc(-c2ccco2)n[nH]1. The maximum Gasteiger partial charge on any atom is 0.216 e.